The summed E-state index contributed by atoms with van der Waals surface area (Å²) in [6.07, 6.45) is 29.4. The van der Waals surface area contributed by atoms with Gasteiger partial charge in [0.1, 0.15) is 0 Å². The Kier molecular flexibility index (Phi) is 38.1. The van der Waals surface area contributed by atoms with Crippen molar-refractivity contribution in [1.82, 2.24) is 0 Å². The Morgan fingerprint density at radius 3 is 0.927 bits per heavy atom. The van der Waals surface area contributed by atoms with Gasteiger partial charge >= 0.3 is 262 Å². The van der Waals surface area contributed by atoms with Gasteiger partial charge in [0.2, 0.25) is 0 Å². The van der Waals surface area contributed by atoms with Gasteiger partial charge in [0.15, 0.2) is 0 Å². The van der Waals surface area contributed by atoms with Crippen LogP contribution in [0.25, 0.3) is 0 Å². The van der Waals surface area contributed by atoms with Gasteiger partial charge in [-0.3, -0.25) is 0 Å². The van der Waals surface area contributed by atoms with Crippen molar-refractivity contribution in [2.24, 2.45) is 0 Å². The molecule has 0 fully saturated rings. The molecule has 0 aliphatic heterocycles. The van der Waals surface area contributed by atoms with Crippen LogP contribution in [0.1, 0.15) is 176 Å². The average molecular weight is 711 g/mol. The molecule has 0 N–H and O–H groups in total. The Bertz CT molecular complexity index is 415. The third kappa shape index (κ3) is 33.7. The Balaban J connectivity index is 0. The Morgan fingerprint density at radius 2 is 0.659 bits per heavy atom. The molecule has 0 amide bonds. The number of hydrogen-bond donors (Lipinski definition) is 0. The molecule has 0 spiro atoms. The number of unbranched alkanes of at least 4 members (excludes halogenated alkanes) is 12. The second-order valence-corrected chi connectivity index (χ2v) is 21.3. The molecule has 3 nitrogen and oxygen atoms in total. The monoisotopic (exact) mass is 711 g/mol. The predicted molar refractivity (Wildman–Crippen MR) is 188 cm³/mol. The summed E-state index contributed by atoms with van der Waals surface area (Å²) >= 11 is -1.23. The molecule has 0 aromatic rings. The molecule has 0 saturated heterocycles. The Labute approximate surface area is 272 Å². The van der Waals surface area contributed by atoms with Gasteiger partial charge in [-0.25, -0.2) is 0 Å². The van der Waals surface area contributed by atoms with Crippen LogP contribution < -0.4 is 0 Å². The summed E-state index contributed by atoms with van der Waals surface area (Å²) in [5.41, 5.74) is 0. The van der Waals surface area contributed by atoms with Crippen LogP contribution in [0.2, 0.25) is 13.3 Å². The molecule has 0 heterocycles. The van der Waals surface area contributed by atoms with Crippen LogP contribution in [-0.2, 0) is 14.2 Å². The van der Waals surface area contributed by atoms with Gasteiger partial charge in [0, 0.05) is 0 Å². The quantitative estimate of drug-likeness (QED) is 0.0501. The van der Waals surface area contributed by atoms with Crippen molar-refractivity contribution in [2.75, 3.05) is 19.8 Å². The van der Waals surface area contributed by atoms with Gasteiger partial charge in [-0.15, -0.1) is 12.4 Å². The molecule has 3 unspecified atom stereocenters. The normalized spacial score (nSPS) is 13.8. The van der Waals surface area contributed by atoms with Crippen molar-refractivity contribution < 1.29 is 14.2 Å². The van der Waals surface area contributed by atoms with Crippen molar-refractivity contribution in [3.63, 3.8) is 0 Å². The fourth-order valence-corrected chi connectivity index (χ4v) is 14.0. The zero-order chi connectivity index (χ0) is 29.5. The third-order valence-corrected chi connectivity index (χ3v) is 17.5. The Morgan fingerprint density at radius 1 is 0.390 bits per heavy atom. The van der Waals surface area contributed by atoms with Gasteiger partial charge in [0.05, 0.1) is 0 Å². The summed E-state index contributed by atoms with van der Waals surface area (Å²) in [7, 11) is 0. The zero-order valence-electron chi connectivity index (χ0n) is 29.0. The van der Waals surface area contributed by atoms with Crippen molar-refractivity contribution in [3.05, 3.63) is 0 Å². The van der Waals surface area contributed by atoms with Gasteiger partial charge in [0.25, 0.3) is 0 Å². The molecule has 1 radical (unpaired) electrons. The van der Waals surface area contributed by atoms with Crippen LogP contribution in [0.5, 0.6) is 0 Å². The molecule has 0 aromatic heterocycles. The van der Waals surface area contributed by atoms with Crippen molar-refractivity contribution in [2.45, 2.75) is 208 Å². The third-order valence-electron chi connectivity index (χ3n) is 8.37. The van der Waals surface area contributed by atoms with E-state index < -0.39 is 19.8 Å². The van der Waals surface area contributed by atoms with Gasteiger partial charge in [-0.2, -0.15) is 0 Å². The first kappa shape index (κ1) is 44.1. The molecule has 0 rings (SSSR count). The van der Waals surface area contributed by atoms with E-state index in [2.05, 4.69) is 41.5 Å². The molecule has 0 aliphatic carbocycles. The van der Waals surface area contributed by atoms with E-state index in [4.69, 9.17) is 14.2 Å². The fourth-order valence-electron chi connectivity index (χ4n) is 5.45. The van der Waals surface area contributed by atoms with Gasteiger partial charge in [-0.1, -0.05) is 0 Å². The second-order valence-electron chi connectivity index (χ2n) is 12.7. The van der Waals surface area contributed by atoms with Crippen LogP contribution in [0.3, 0.4) is 0 Å². The topological polar surface area (TPSA) is 27.7 Å². The van der Waals surface area contributed by atoms with Crippen molar-refractivity contribution in [3.8, 4) is 0 Å². The molecule has 5 heteroatoms. The van der Waals surface area contributed by atoms with E-state index in [9.17, 15) is 0 Å². The zero-order valence-corrected chi connectivity index (χ0v) is 32.6. The molecule has 0 bridgehead atoms. The average Bonchev–Trinajstić information content (AvgIpc) is 2.95. The first-order valence-electron chi connectivity index (χ1n) is 18.2. The SMILES string of the molecule is CCCCC(C)OCCCCC[CH2][Sn]([CH2]CCCCCOC(C)CCCC)[CH2]CCCCCOC(C)CCCC.Cl. The molecular formula is C36H76ClO3Sn. The molecule has 0 aromatic carbocycles. The standard InChI is InChI=1S/3C12H25O.ClH.Sn/c3*1-4-6-8-9-11-13-12(3)10-7-5-2;;/h3*12H,1,4-11H2,2-3H3;1H;. The van der Waals surface area contributed by atoms with Crippen LogP contribution in [-0.4, -0.2) is 57.9 Å². The van der Waals surface area contributed by atoms with Crippen LogP contribution in [0.15, 0.2) is 0 Å². The summed E-state index contributed by atoms with van der Waals surface area (Å²) in [6.45, 7) is 16.5. The summed E-state index contributed by atoms with van der Waals surface area (Å²) in [5.74, 6) is 0. The Hall–Kier alpha value is 0.969. The second kappa shape index (κ2) is 35.4. The number of hydrogen-bond acceptors (Lipinski definition) is 3. The summed E-state index contributed by atoms with van der Waals surface area (Å²) in [6, 6.07) is 0. The summed E-state index contributed by atoms with van der Waals surface area (Å²) in [5, 5.41) is 0. The maximum atomic E-state index is 6.01. The minimum atomic E-state index is -1.23. The maximum absolute atomic E-state index is 6.01. The molecule has 249 valence electrons. The van der Waals surface area contributed by atoms with Gasteiger partial charge < -0.3 is 0 Å². The molecule has 3 atom stereocenters. The van der Waals surface area contributed by atoms with E-state index >= 15 is 0 Å². The molecule has 41 heavy (non-hydrogen) atoms. The molecule has 0 saturated carbocycles. The minimum absolute atomic E-state index is 0. The first-order chi connectivity index (χ1) is 19.5. The van der Waals surface area contributed by atoms with E-state index in [0.29, 0.717) is 18.3 Å². The smallest absolute Gasteiger partial charge is 0.147 e. The minimum Gasteiger partial charge on any atom is -0.147 e. The van der Waals surface area contributed by atoms with Crippen molar-refractivity contribution in [1.29, 1.82) is 0 Å². The van der Waals surface area contributed by atoms with Crippen LogP contribution in [0, 0.1) is 0 Å². The number of rotatable bonds is 33. The first-order valence-corrected chi connectivity index (χ1v) is 24.3. The van der Waals surface area contributed by atoms with Crippen molar-refractivity contribution >= 4 is 32.2 Å². The van der Waals surface area contributed by atoms with E-state index in [0.717, 1.165) is 19.8 Å². The van der Waals surface area contributed by atoms with Gasteiger partial charge in [-0.05, 0) is 0 Å². The summed E-state index contributed by atoms with van der Waals surface area (Å²) < 4.78 is 22.9. The van der Waals surface area contributed by atoms with E-state index in [-0.39, 0.29) is 12.4 Å². The molecular weight excluding hydrogens is 635 g/mol. The number of halogens is 1. The molecule has 0 aliphatic rings. The van der Waals surface area contributed by atoms with Crippen LogP contribution >= 0.6 is 12.4 Å². The van der Waals surface area contributed by atoms with E-state index in [1.165, 1.54) is 135 Å². The van der Waals surface area contributed by atoms with E-state index in [1.807, 2.05) is 0 Å². The van der Waals surface area contributed by atoms with E-state index in [1.54, 1.807) is 13.3 Å². The fraction of sp³-hybridized carbons (Fsp3) is 1.00. The van der Waals surface area contributed by atoms with Crippen LogP contribution in [0.4, 0.5) is 0 Å². The summed E-state index contributed by atoms with van der Waals surface area (Å²) in [4.78, 5) is 0. The number of ether oxygens (including phenoxy) is 3. The predicted octanol–water partition coefficient (Wildman–Crippen LogP) is 12.4.